The smallest absolute Gasteiger partial charge is 0.251 e. The molecule has 0 aliphatic rings. The lowest BCUT2D eigenvalue weighted by Crippen LogP contribution is -2.22. The maximum Gasteiger partial charge on any atom is 0.251 e. The van der Waals surface area contributed by atoms with E-state index in [0.717, 1.165) is 16.2 Å². The third-order valence-corrected chi connectivity index (χ3v) is 3.62. The van der Waals surface area contributed by atoms with Crippen LogP contribution in [0.2, 0.25) is 0 Å². The van der Waals surface area contributed by atoms with Crippen molar-refractivity contribution in [2.45, 2.75) is 13.5 Å². The number of hydrogen-bond acceptors (Lipinski definition) is 3. The zero-order valence-electron chi connectivity index (χ0n) is 10.5. The number of nitrogens with one attached hydrogen (secondary N) is 1. The van der Waals surface area contributed by atoms with E-state index < -0.39 is 0 Å². The molecule has 3 rings (SSSR count). The number of carbonyl (C=O) groups is 1. The molecular weight excluding hydrogens is 258 g/mol. The minimum Gasteiger partial charge on any atom is -0.346 e. The predicted molar refractivity (Wildman–Crippen MR) is 75.4 cm³/mol. The summed E-state index contributed by atoms with van der Waals surface area (Å²) in [7, 11) is 0. The molecule has 2 heterocycles. The van der Waals surface area contributed by atoms with Crippen LogP contribution >= 0.6 is 11.3 Å². The number of hydrogen-bond donors (Lipinski definition) is 1. The van der Waals surface area contributed by atoms with Gasteiger partial charge in [-0.1, -0.05) is 17.7 Å². The van der Waals surface area contributed by atoms with E-state index in [1.54, 1.807) is 11.3 Å². The minimum atomic E-state index is -0.0694. The summed E-state index contributed by atoms with van der Waals surface area (Å²) in [6, 6.07) is 7.55. The third-order valence-electron chi connectivity index (χ3n) is 2.85. The number of nitrogens with zero attached hydrogens (tertiary/aromatic N) is 2. The summed E-state index contributed by atoms with van der Waals surface area (Å²) in [5.41, 5.74) is 2.63. The fourth-order valence-corrected chi connectivity index (χ4v) is 2.64. The van der Waals surface area contributed by atoms with Crippen molar-refractivity contribution in [3.05, 3.63) is 58.9 Å². The van der Waals surface area contributed by atoms with Gasteiger partial charge in [-0.2, -0.15) is 0 Å². The van der Waals surface area contributed by atoms with Crippen LogP contribution in [0.1, 0.15) is 21.6 Å². The Hall–Kier alpha value is -2.14. The summed E-state index contributed by atoms with van der Waals surface area (Å²) < 4.78 is 1.96. The Kier molecular flexibility index (Phi) is 3.05. The van der Waals surface area contributed by atoms with Gasteiger partial charge in [0.25, 0.3) is 5.91 Å². The normalized spacial score (nSPS) is 10.8. The third kappa shape index (κ3) is 2.51. The zero-order chi connectivity index (χ0) is 13.2. The number of aryl methyl sites for hydroxylation is 1. The molecule has 0 saturated heterocycles. The van der Waals surface area contributed by atoms with Crippen molar-refractivity contribution < 1.29 is 4.79 Å². The second-order valence-corrected chi connectivity index (χ2v) is 5.25. The summed E-state index contributed by atoms with van der Waals surface area (Å²) in [6.45, 7) is 2.42. The molecule has 1 aromatic carbocycles. The molecule has 3 aromatic rings. The number of imidazole rings is 1. The molecule has 4 nitrogen and oxygen atoms in total. The SMILES string of the molecule is Cc1cccc(C(=O)NCc2cn3ccsc3n2)c1. The zero-order valence-corrected chi connectivity index (χ0v) is 11.3. The van der Waals surface area contributed by atoms with Crippen molar-refractivity contribution in [1.82, 2.24) is 14.7 Å². The molecule has 0 radical (unpaired) electrons. The van der Waals surface area contributed by atoms with Crippen molar-refractivity contribution >= 4 is 22.2 Å². The van der Waals surface area contributed by atoms with E-state index in [-0.39, 0.29) is 5.91 Å². The molecule has 19 heavy (non-hydrogen) atoms. The van der Waals surface area contributed by atoms with Gasteiger partial charge in [0.05, 0.1) is 12.2 Å². The Morgan fingerprint density at radius 1 is 1.47 bits per heavy atom. The van der Waals surface area contributed by atoms with Gasteiger partial charge < -0.3 is 5.32 Å². The summed E-state index contributed by atoms with van der Waals surface area (Å²) in [5.74, 6) is -0.0694. The molecule has 0 bridgehead atoms. The molecule has 0 aliphatic heterocycles. The molecule has 1 N–H and O–H groups in total. The van der Waals surface area contributed by atoms with Crippen LogP contribution in [0.3, 0.4) is 0 Å². The Balaban J connectivity index is 1.69. The van der Waals surface area contributed by atoms with E-state index >= 15 is 0 Å². The van der Waals surface area contributed by atoms with Gasteiger partial charge >= 0.3 is 0 Å². The highest BCUT2D eigenvalue weighted by atomic mass is 32.1. The lowest BCUT2D eigenvalue weighted by molar-refractivity contribution is 0.0950. The van der Waals surface area contributed by atoms with Crippen LogP contribution < -0.4 is 5.32 Å². The van der Waals surface area contributed by atoms with Crippen LogP contribution in [0.5, 0.6) is 0 Å². The van der Waals surface area contributed by atoms with E-state index in [2.05, 4.69) is 10.3 Å². The highest BCUT2D eigenvalue weighted by Crippen LogP contribution is 2.11. The average molecular weight is 271 g/mol. The van der Waals surface area contributed by atoms with Crippen LogP contribution in [0.4, 0.5) is 0 Å². The van der Waals surface area contributed by atoms with Crippen LogP contribution in [0.25, 0.3) is 4.96 Å². The quantitative estimate of drug-likeness (QED) is 0.796. The van der Waals surface area contributed by atoms with Crippen molar-refractivity contribution in [2.24, 2.45) is 0 Å². The molecule has 0 atom stereocenters. The predicted octanol–water partition coefficient (Wildman–Crippen LogP) is 2.63. The Bertz CT molecular complexity index is 700. The Morgan fingerprint density at radius 3 is 3.16 bits per heavy atom. The van der Waals surface area contributed by atoms with Gasteiger partial charge in [0.1, 0.15) is 0 Å². The molecule has 1 amide bonds. The van der Waals surface area contributed by atoms with Crippen LogP contribution in [0.15, 0.2) is 42.0 Å². The van der Waals surface area contributed by atoms with Gasteiger partial charge in [0, 0.05) is 23.3 Å². The van der Waals surface area contributed by atoms with Gasteiger partial charge in [-0.25, -0.2) is 4.98 Å². The van der Waals surface area contributed by atoms with E-state index in [9.17, 15) is 4.79 Å². The highest BCUT2D eigenvalue weighted by molar-refractivity contribution is 7.15. The molecule has 0 saturated carbocycles. The fourth-order valence-electron chi connectivity index (χ4n) is 1.92. The van der Waals surface area contributed by atoms with Gasteiger partial charge in [-0.05, 0) is 19.1 Å². The number of fused-ring (bicyclic) bond motifs is 1. The monoisotopic (exact) mass is 271 g/mol. The number of benzene rings is 1. The standard InChI is InChI=1S/C14H13N3OS/c1-10-3-2-4-11(7-10)13(18)15-8-12-9-17-5-6-19-14(17)16-12/h2-7,9H,8H2,1H3,(H,15,18). The Morgan fingerprint density at radius 2 is 2.37 bits per heavy atom. The molecule has 0 aliphatic carbocycles. The maximum absolute atomic E-state index is 12.0. The molecule has 0 fully saturated rings. The average Bonchev–Trinajstić information content (AvgIpc) is 2.96. The number of thiazole rings is 1. The van der Waals surface area contributed by atoms with Gasteiger partial charge in [-0.3, -0.25) is 9.20 Å². The molecule has 0 spiro atoms. The summed E-state index contributed by atoms with van der Waals surface area (Å²) in [4.78, 5) is 17.3. The largest absolute Gasteiger partial charge is 0.346 e. The van der Waals surface area contributed by atoms with E-state index in [1.165, 1.54) is 0 Å². The van der Waals surface area contributed by atoms with Crippen LogP contribution in [-0.4, -0.2) is 15.3 Å². The fraction of sp³-hybridized carbons (Fsp3) is 0.143. The van der Waals surface area contributed by atoms with Crippen LogP contribution in [-0.2, 0) is 6.54 Å². The summed E-state index contributed by atoms with van der Waals surface area (Å²) >= 11 is 1.58. The van der Waals surface area contributed by atoms with E-state index in [1.807, 2.05) is 53.4 Å². The van der Waals surface area contributed by atoms with E-state index in [0.29, 0.717) is 12.1 Å². The van der Waals surface area contributed by atoms with Crippen LogP contribution in [0, 0.1) is 6.92 Å². The first-order valence-electron chi connectivity index (χ1n) is 5.98. The first kappa shape index (κ1) is 11.9. The number of carbonyl (C=O) groups excluding carboxylic acids is 1. The van der Waals surface area contributed by atoms with Gasteiger partial charge in [0.2, 0.25) is 0 Å². The van der Waals surface area contributed by atoms with Crippen molar-refractivity contribution in [2.75, 3.05) is 0 Å². The number of rotatable bonds is 3. The second-order valence-electron chi connectivity index (χ2n) is 4.38. The number of amides is 1. The first-order chi connectivity index (χ1) is 9.22. The lowest BCUT2D eigenvalue weighted by atomic mass is 10.1. The van der Waals surface area contributed by atoms with Gasteiger partial charge in [0.15, 0.2) is 4.96 Å². The maximum atomic E-state index is 12.0. The molecule has 0 unspecified atom stereocenters. The van der Waals surface area contributed by atoms with E-state index in [4.69, 9.17) is 0 Å². The van der Waals surface area contributed by atoms with Crippen molar-refractivity contribution in [3.63, 3.8) is 0 Å². The first-order valence-corrected chi connectivity index (χ1v) is 6.86. The highest BCUT2D eigenvalue weighted by Gasteiger charge is 2.07. The second kappa shape index (κ2) is 4.85. The molecule has 96 valence electrons. The van der Waals surface area contributed by atoms with Gasteiger partial charge in [-0.15, -0.1) is 11.3 Å². The van der Waals surface area contributed by atoms with Crippen molar-refractivity contribution in [3.8, 4) is 0 Å². The Labute approximate surface area is 114 Å². The molecule has 2 aromatic heterocycles. The minimum absolute atomic E-state index is 0.0694. The molecular formula is C14H13N3OS. The van der Waals surface area contributed by atoms with Crippen molar-refractivity contribution in [1.29, 1.82) is 0 Å². The lowest BCUT2D eigenvalue weighted by Gasteiger charge is -2.03. The summed E-state index contributed by atoms with van der Waals surface area (Å²) in [6.07, 6.45) is 3.89. The topological polar surface area (TPSA) is 46.4 Å². The number of aromatic nitrogens is 2. The molecule has 5 heteroatoms. The summed E-state index contributed by atoms with van der Waals surface area (Å²) in [5, 5.41) is 4.87.